The number of carbonyl (C=O) groups excluding carboxylic acids is 2. The lowest BCUT2D eigenvalue weighted by atomic mass is 10.2. The lowest BCUT2D eigenvalue weighted by Crippen LogP contribution is -2.24. The number of hydrogen-bond acceptors (Lipinski definition) is 4. The highest BCUT2D eigenvalue weighted by molar-refractivity contribution is 8.00. The summed E-state index contributed by atoms with van der Waals surface area (Å²) in [6.07, 6.45) is 0.659. The van der Waals surface area contributed by atoms with Crippen molar-refractivity contribution in [3.8, 4) is 0 Å². The van der Waals surface area contributed by atoms with Gasteiger partial charge in [0.15, 0.2) is 0 Å². The summed E-state index contributed by atoms with van der Waals surface area (Å²) in [5, 5.41) is 7.88. The Morgan fingerprint density at radius 1 is 1.07 bits per heavy atom. The second-order valence-electron chi connectivity index (χ2n) is 5.94. The van der Waals surface area contributed by atoms with Gasteiger partial charge in [0.05, 0.1) is 20.8 Å². The van der Waals surface area contributed by atoms with E-state index in [1.165, 1.54) is 23.1 Å². The Morgan fingerprint density at radius 3 is 2.61 bits per heavy atom. The van der Waals surface area contributed by atoms with Gasteiger partial charge >= 0.3 is 0 Å². The molecule has 3 aromatic rings. The van der Waals surface area contributed by atoms with Gasteiger partial charge in [-0.25, -0.2) is 0 Å². The van der Waals surface area contributed by atoms with E-state index in [0.29, 0.717) is 27.7 Å². The number of amides is 2. The number of nitrogens with one attached hydrogen (secondary N) is 2. The van der Waals surface area contributed by atoms with Crippen molar-refractivity contribution in [2.75, 3.05) is 10.6 Å². The summed E-state index contributed by atoms with van der Waals surface area (Å²) in [5.41, 5.74) is 1.30. The number of hydrogen-bond donors (Lipinski definition) is 2. The van der Waals surface area contributed by atoms with E-state index in [1.807, 2.05) is 54.8 Å². The highest BCUT2D eigenvalue weighted by Gasteiger charge is 2.19. The Morgan fingerprint density at radius 2 is 1.89 bits per heavy atom. The summed E-state index contributed by atoms with van der Waals surface area (Å²) in [6.45, 7) is 1.96. The van der Waals surface area contributed by atoms with E-state index in [2.05, 4.69) is 10.6 Å². The Balaban J connectivity index is 1.66. The second-order valence-corrected chi connectivity index (χ2v) is 8.57. The van der Waals surface area contributed by atoms with E-state index in [9.17, 15) is 9.59 Å². The molecular formula is C21H19ClN2O2S2. The molecule has 1 unspecified atom stereocenters. The number of thiophene rings is 1. The molecule has 0 fully saturated rings. The number of benzene rings is 2. The molecule has 28 heavy (non-hydrogen) atoms. The summed E-state index contributed by atoms with van der Waals surface area (Å²) >= 11 is 8.98. The smallest absolute Gasteiger partial charge is 0.265 e. The van der Waals surface area contributed by atoms with E-state index in [1.54, 1.807) is 18.2 Å². The summed E-state index contributed by atoms with van der Waals surface area (Å²) in [6, 6.07) is 18.3. The summed E-state index contributed by atoms with van der Waals surface area (Å²) in [4.78, 5) is 26.4. The lowest BCUT2D eigenvalue weighted by molar-refractivity contribution is -0.115. The first-order valence-corrected chi connectivity index (χ1v) is 10.9. The maximum Gasteiger partial charge on any atom is 0.265 e. The van der Waals surface area contributed by atoms with Gasteiger partial charge in [0.1, 0.15) is 0 Å². The van der Waals surface area contributed by atoms with Gasteiger partial charge in [-0.1, -0.05) is 42.8 Å². The van der Waals surface area contributed by atoms with Crippen LogP contribution >= 0.6 is 34.7 Å². The third-order valence-electron chi connectivity index (χ3n) is 3.91. The predicted molar refractivity (Wildman–Crippen MR) is 119 cm³/mol. The van der Waals surface area contributed by atoms with Crippen molar-refractivity contribution in [3.05, 3.63) is 75.9 Å². The third kappa shape index (κ3) is 5.38. The molecule has 144 valence electrons. The topological polar surface area (TPSA) is 58.2 Å². The molecule has 2 aromatic carbocycles. The minimum atomic E-state index is -0.278. The van der Waals surface area contributed by atoms with Crippen molar-refractivity contribution >= 4 is 57.9 Å². The highest BCUT2D eigenvalue weighted by atomic mass is 35.5. The number of para-hydroxylation sites is 1. The minimum absolute atomic E-state index is 0.103. The molecule has 0 aliphatic carbocycles. The van der Waals surface area contributed by atoms with Crippen LogP contribution < -0.4 is 10.6 Å². The first-order valence-electron chi connectivity index (χ1n) is 8.73. The number of carbonyl (C=O) groups is 2. The zero-order valence-corrected chi connectivity index (χ0v) is 17.5. The van der Waals surface area contributed by atoms with Gasteiger partial charge in [0.25, 0.3) is 5.91 Å². The fourth-order valence-corrected chi connectivity index (χ4v) is 4.33. The Hall–Kier alpha value is -2.28. The molecule has 4 nitrogen and oxygen atoms in total. The van der Waals surface area contributed by atoms with Gasteiger partial charge in [-0.2, -0.15) is 0 Å². The van der Waals surface area contributed by atoms with E-state index in [4.69, 9.17) is 11.6 Å². The van der Waals surface area contributed by atoms with E-state index >= 15 is 0 Å². The zero-order chi connectivity index (χ0) is 19.9. The quantitative estimate of drug-likeness (QED) is 0.441. The average Bonchev–Trinajstić information content (AvgIpc) is 3.23. The van der Waals surface area contributed by atoms with E-state index < -0.39 is 0 Å². The van der Waals surface area contributed by atoms with Crippen LogP contribution in [-0.4, -0.2) is 17.1 Å². The van der Waals surface area contributed by atoms with E-state index in [-0.39, 0.29) is 17.1 Å². The van der Waals surface area contributed by atoms with Gasteiger partial charge in [0, 0.05) is 10.6 Å². The Labute approximate surface area is 177 Å². The van der Waals surface area contributed by atoms with Crippen LogP contribution in [0, 0.1) is 0 Å². The summed E-state index contributed by atoms with van der Waals surface area (Å²) in [7, 11) is 0. The van der Waals surface area contributed by atoms with Crippen molar-refractivity contribution in [2.45, 2.75) is 23.5 Å². The first-order chi connectivity index (χ1) is 13.6. The SMILES string of the molecule is CCC(Sc1cccc(NC(=O)c2cccs2)c1)C(=O)Nc1ccccc1Cl. The molecule has 0 saturated heterocycles. The Kier molecular flexibility index (Phi) is 7.14. The Bertz CT molecular complexity index is 961. The average molecular weight is 431 g/mol. The highest BCUT2D eigenvalue weighted by Crippen LogP contribution is 2.30. The summed E-state index contributed by atoms with van der Waals surface area (Å²) < 4.78 is 0. The monoisotopic (exact) mass is 430 g/mol. The third-order valence-corrected chi connectivity index (χ3v) is 6.47. The van der Waals surface area contributed by atoms with Crippen LogP contribution in [0.4, 0.5) is 11.4 Å². The molecule has 1 heterocycles. The molecule has 0 spiro atoms. The second kappa shape index (κ2) is 9.78. The van der Waals surface area contributed by atoms with Crippen LogP contribution in [0.1, 0.15) is 23.0 Å². The zero-order valence-electron chi connectivity index (χ0n) is 15.1. The van der Waals surface area contributed by atoms with Crippen LogP contribution in [-0.2, 0) is 4.79 Å². The standard InChI is InChI=1S/C21H19ClN2O2S2/c1-2-18(20(25)24-17-10-4-3-9-16(17)22)28-15-8-5-7-14(13-15)23-21(26)19-11-6-12-27-19/h3-13,18H,2H2,1H3,(H,23,26)(H,24,25). The maximum absolute atomic E-state index is 12.7. The van der Waals surface area contributed by atoms with Gasteiger partial charge in [-0.15, -0.1) is 23.1 Å². The van der Waals surface area contributed by atoms with Crippen molar-refractivity contribution in [1.29, 1.82) is 0 Å². The van der Waals surface area contributed by atoms with Gasteiger partial charge in [-0.3, -0.25) is 9.59 Å². The van der Waals surface area contributed by atoms with Crippen LogP contribution in [0.3, 0.4) is 0 Å². The van der Waals surface area contributed by atoms with Crippen molar-refractivity contribution < 1.29 is 9.59 Å². The fourth-order valence-electron chi connectivity index (χ4n) is 2.51. The molecule has 2 amide bonds. The van der Waals surface area contributed by atoms with Crippen molar-refractivity contribution in [1.82, 2.24) is 0 Å². The molecule has 2 N–H and O–H groups in total. The molecule has 0 aliphatic rings. The minimum Gasteiger partial charge on any atom is -0.324 e. The normalized spacial score (nSPS) is 11.6. The number of rotatable bonds is 7. The number of thioether (sulfide) groups is 1. The van der Waals surface area contributed by atoms with Crippen molar-refractivity contribution in [2.24, 2.45) is 0 Å². The van der Waals surface area contributed by atoms with Gasteiger partial charge < -0.3 is 10.6 Å². The molecule has 3 rings (SSSR count). The first kappa shape index (κ1) is 20.5. The summed E-state index contributed by atoms with van der Waals surface area (Å²) in [5.74, 6) is -0.241. The van der Waals surface area contributed by atoms with Crippen molar-refractivity contribution in [3.63, 3.8) is 0 Å². The van der Waals surface area contributed by atoms with Gasteiger partial charge in [-0.05, 0) is 48.2 Å². The largest absolute Gasteiger partial charge is 0.324 e. The van der Waals surface area contributed by atoms with Crippen LogP contribution in [0.5, 0.6) is 0 Å². The van der Waals surface area contributed by atoms with Crippen LogP contribution in [0.25, 0.3) is 0 Å². The lowest BCUT2D eigenvalue weighted by Gasteiger charge is -2.16. The molecule has 0 aliphatic heterocycles. The van der Waals surface area contributed by atoms with Crippen LogP contribution in [0.15, 0.2) is 70.9 Å². The molecule has 1 aromatic heterocycles. The van der Waals surface area contributed by atoms with E-state index in [0.717, 1.165) is 4.90 Å². The molecule has 0 bridgehead atoms. The molecule has 0 radical (unpaired) electrons. The predicted octanol–water partition coefficient (Wildman–Crippen LogP) is 6.16. The number of halogens is 1. The number of anilines is 2. The molecule has 7 heteroatoms. The fraction of sp³-hybridized carbons (Fsp3) is 0.143. The van der Waals surface area contributed by atoms with Crippen LogP contribution in [0.2, 0.25) is 5.02 Å². The molecular weight excluding hydrogens is 412 g/mol. The maximum atomic E-state index is 12.7. The van der Waals surface area contributed by atoms with Gasteiger partial charge in [0.2, 0.25) is 5.91 Å². The molecule has 1 atom stereocenters. The molecule has 0 saturated carbocycles.